The number of esters is 1. The largest absolute Gasteiger partial charge is 0.482 e. The Bertz CT molecular complexity index is 761. The summed E-state index contributed by atoms with van der Waals surface area (Å²) in [4.78, 5) is 36.4. The summed E-state index contributed by atoms with van der Waals surface area (Å²) in [6.45, 7) is -0.924. The van der Waals surface area contributed by atoms with Crippen LogP contribution in [0, 0.1) is 5.82 Å². The van der Waals surface area contributed by atoms with E-state index in [0.29, 0.717) is 11.5 Å². The number of rotatable bonds is 9. The average molecular weight is 378 g/mol. The Labute approximate surface area is 154 Å². The molecule has 0 saturated heterocycles. The first-order chi connectivity index (χ1) is 12.9. The van der Waals surface area contributed by atoms with Gasteiger partial charge in [-0.15, -0.1) is 0 Å². The summed E-state index contributed by atoms with van der Waals surface area (Å²) in [5.74, 6) is -1.22. The molecule has 0 aliphatic rings. The lowest BCUT2D eigenvalue weighted by atomic mass is 10.3. The molecule has 144 valence electrons. The van der Waals surface area contributed by atoms with Gasteiger partial charge in [0.05, 0.1) is 19.4 Å². The molecule has 0 spiro atoms. The first kappa shape index (κ1) is 20.0. The van der Waals surface area contributed by atoms with Crippen LogP contribution in [-0.4, -0.2) is 49.5 Å². The summed E-state index contributed by atoms with van der Waals surface area (Å²) in [5, 5.41) is 2.60. The minimum Gasteiger partial charge on any atom is -0.482 e. The molecule has 2 rings (SSSR count). The Morgan fingerprint density at radius 1 is 1.15 bits per heavy atom. The number of nitrogens with zero attached hydrogens (tertiary/aromatic N) is 1. The van der Waals surface area contributed by atoms with E-state index in [9.17, 15) is 18.8 Å². The van der Waals surface area contributed by atoms with Gasteiger partial charge in [0.25, 0.3) is 5.91 Å². The fourth-order valence-electron chi connectivity index (χ4n) is 1.93. The predicted octanol–water partition coefficient (Wildman–Crippen LogP) is 1.12. The maximum Gasteiger partial charge on any atom is 0.344 e. The number of benzene rings is 1. The van der Waals surface area contributed by atoms with Crippen LogP contribution in [0.1, 0.15) is 5.76 Å². The predicted molar refractivity (Wildman–Crippen MR) is 91.0 cm³/mol. The van der Waals surface area contributed by atoms with E-state index in [-0.39, 0.29) is 19.0 Å². The third-order valence-corrected chi connectivity index (χ3v) is 3.37. The summed E-state index contributed by atoms with van der Waals surface area (Å²) in [6.07, 6.45) is 1.49. The van der Waals surface area contributed by atoms with E-state index in [1.807, 2.05) is 0 Å². The Morgan fingerprint density at radius 2 is 1.89 bits per heavy atom. The molecule has 0 atom stereocenters. The zero-order valence-corrected chi connectivity index (χ0v) is 14.6. The molecular formula is C18H19FN2O6. The highest BCUT2D eigenvalue weighted by Crippen LogP contribution is 2.10. The molecular weight excluding hydrogens is 359 g/mol. The van der Waals surface area contributed by atoms with Gasteiger partial charge in [-0.2, -0.15) is 0 Å². The Kier molecular flexibility index (Phi) is 7.36. The minimum absolute atomic E-state index is 0.191. The van der Waals surface area contributed by atoms with Crippen LogP contribution < -0.4 is 10.1 Å². The smallest absolute Gasteiger partial charge is 0.344 e. The van der Waals surface area contributed by atoms with Crippen molar-refractivity contribution in [3.05, 3.63) is 54.2 Å². The molecule has 1 N–H and O–H groups in total. The van der Waals surface area contributed by atoms with Crippen molar-refractivity contribution in [3.63, 3.8) is 0 Å². The monoisotopic (exact) mass is 378 g/mol. The molecule has 2 amide bonds. The van der Waals surface area contributed by atoms with E-state index in [1.165, 1.54) is 37.6 Å². The first-order valence-electron chi connectivity index (χ1n) is 8.01. The number of likely N-dealkylation sites (N-methyl/N-ethyl adjacent to an activating group) is 1. The number of nitrogens with one attached hydrogen (secondary N) is 1. The Balaban J connectivity index is 1.63. The fourth-order valence-corrected chi connectivity index (χ4v) is 1.93. The highest BCUT2D eigenvalue weighted by molar-refractivity contribution is 5.86. The van der Waals surface area contributed by atoms with E-state index < -0.39 is 30.9 Å². The number of furan rings is 1. The first-order valence-corrected chi connectivity index (χ1v) is 8.01. The van der Waals surface area contributed by atoms with Gasteiger partial charge in [-0.05, 0) is 36.4 Å². The van der Waals surface area contributed by atoms with Gasteiger partial charge in [-0.3, -0.25) is 9.59 Å². The van der Waals surface area contributed by atoms with Gasteiger partial charge in [0.1, 0.15) is 17.3 Å². The highest BCUT2D eigenvalue weighted by atomic mass is 19.1. The molecule has 0 fully saturated rings. The molecule has 8 nitrogen and oxygen atoms in total. The quantitative estimate of drug-likeness (QED) is 0.657. The fraction of sp³-hybridized carbons (Fsp3) is 0.278. The third kappa shape index (κ3) is 7.18. The minimum atomic E-state index is -0.761. The van der Waals surface area contributed by atoms with Crippen molar-refractivity contribution in [2.24, 2.45) is 0 Å². The summed E-state index contributed by atoms with van der Waals surface area (Å²) >= 11 is 0. The number of hydrogen-bond donors (Lipinski definition) is 1. The average Bonchev–Trinajstić information content (AvgIpc) is 3.17. The zero-order valence-electron chi connectivity index (χ0n) is 14.6. The molecule has 27 heavy (non-hydrogen) atoms. The second-order valence-corrected chi connectivity index (χ2v) is 5.51. The number of hydrogen-bond acceptors (Lipinski definition) is 6. The van der Waals surface area contributed by atoms with Crippen LogP contribution in [0.25, 0.3) is 0 Å². The number of halogens is 1. The van der Waals surface area contributed by atoms with Gasteiger partial charge in [-0.25, -0.2) is 9.18 Å². The van der Waals surface area contributed by atoms with Crippen molar-refractivity contribution >= 4 is 17.8 Å². The van der Waals surface area contributed by atoms with Gasteiger partial charge in [0, 0.05) is 7.05 Å². The maximum absolute atomic E-state index is 12.8. The topological polar surface area (TPSA) is 98.1 Å². The van der Waals surface area contributed by atoms with Crippen LogP contribution in [0.2, 0.25) is 0 Å². The van der Waals surface area contributed by atoms with Crippen LogP contribution in [0.4, 0.5) is 4.39 Å². The van der Waals surface area contributed by atoms with Gasteiger partial charge in [-0.1, -0.05) is 0 Å². The molecule has 0 saturated carbocycles. The van der Waals surface area contributed by atoms with Crippen LogP contribution in [0.5, 0.6) is 5.75 Å². The lowest BCUT2D eigenvalue weighted by Crippen LogP contribution is -2.40. The van der Waals surface area contributed by atoms with Gasteiger partial charge in [0.2, 0.25) is 5.91 Å². The second-order valence-electron chi connectivity index (χ2n) is 5.51. The Hall–Kier alpha value is -3.36. The second kappa shape index (κ2) is 9.95. The van der Waals surface area contributed by atoms with Gasteiger partial charge < -0.3 is 24.1 Å². The SMILES string of the molecule is CN(CC(=O)NCc1ccco1)C(=O)COC(=O)COc1ccc(F)cc1. The van der Waals surface area contributed by atoms with Crippen molar-refractivity contribution in [1.82, 2.24) is 10.2 Å². The van der Waals surface area contributed by atoms with Crippen LogP contribution in [0.3, 0.4) is 0 Å². The molecule has 0 aliphatic heterocycles. The summed E-state index contributed by atoms with van der Waals surface area (Å²) in [5.41, 5.74) is 0. The molecule has 1 aromatic carbocycles. The number of carbonyl (C=O) groups is 3. The van der Waals surface area contributed by atoms with Crippen molar-refractivity contribution in [2.45, 2.75) is 6.54 Å². The molecule has 1 aromatic heterocycles. The number of ether oxygens (including phenoxy) is 2. The molecule has 9 heteroatoms. The van der Waals surface area contributed by atoms with Gasteiger partial charge in [0.15, 0.2) is 13.2 Å². The Morgan fingerprint density at radius 3 is 2.56 bits per heavy atom. The van der Waals surface area contributed by atoms with E-state index in [2.05, 4.69) is 5.32 Å². The maximum atomic E-state index is 12.8. The lowest BCUT2D eigenvalue weighted by Gasteiger charge is -2.16. The van der Waals surface area contributed by atoms with Gasteiger partial charge >= 0.3 is 5.97 Å². The standard InChI is InChI=1S/C18H19FN2O6/c1-21(10-16(22)20-9-15-3-2-8-25-15)17(23)11-27-18(24)12-26-14-6-4-13(19)5-7-14/h2-8H,9-12H2,1H3,(H,20,22). The van der Waals surface area contributed by atoms with Crippen molar-refractivity contribution in [2.75, 3.05) is 26.8 Å². The summed E-state index contributed by atoms with van der Waals surface area (Å²) in [6, 6.07) is 8.52. The molecule has 0 unspecified atom stereocenters. The van der Waals surface area contributed by atoms with Crippen LogP contribution in [-0.2, 0) is 25.7 Å². The van der Waals surface area contributed by atoms with E-state index in [4.69, 9.17) is 13.9 Å². The van der Waals surface area contributed by atoms with Crippen molar-refractivity contribution < 1.29 is 32.7 Å². The lowest BCUT2D eigenvalue weighted by molar-refractivity contribution is -0.153. The molecule has 0 aliphatic carbocycles. The van der Waals surface area contributed by atoms with Crippen LogP contribution >= 0.6 is 0 Å². The molecule has 1 heterocycles. The van der Waals surface area contributed by atoms with E-state index in [1.54, 1.807) is 12.1 Å². The van der Waals surface area contributed by atoms with E-state index in [0.717, 1.165) is 4.90 Å². The molecule has 0 radical (unpaired) electrons. The van der Waals surface area contributed by atoms with E-state index >= 15 is 0 Å². The van der Waals surface area contributed by atoms with Crippen LogP contribution in [0.15, 0.2) is 47.1 Å². The van der Waals surface area contributed by atoms with Crippen molar-refractivity contribution in [1.29, 1.82) is 0 Å². The zero-order chi connectivity index (χ0) is 19.6. The highest BCUT2D eigenvalue weighted by Gasteiger charge is 2.15. The molecule has 0 bridgehead atoms. The summed E-state index contributed by atoms with van der Waals surface area (Å²) < 4.78 is 27.7. The number of carbonyl (C=O) groups excluding carboxylic acids is 3. The third-order valence-electron chi connectivity index (χ3n) is 3.37. The number of amides is 2. The normalized spacial score (nSPS) is 10.1. The summed E-state index contributed by atoms with van der Waals surface area (Å²) in [7, 11) is 1.41. The molecule has 2 aromatic rings. The van der Waals surface area contributed by atoms with Crippen molar-refractivity contribution in [3.8, 4) is 5.75 Å².